The highest BCUT2D eigenvalue weighted by atomic mass is 32.2. The summed E-state index contributed by atoms with van der Waals surface area (Å²) in [6, 6.07) is 14.4. The molecule has 0 unspecified atom stereocenters. The van der Waals surface area contributed by atoms with Gasteiger partial charge in [0.05, 0.1) is 4.90 Å². The number of benzene rings is 2. The Morgan fingerprint density at radius 1 is 1.08 bits per heavy atom. The Bertz CT molecular complexity index is 1050. The molecule has 0 aliphatic heterocycles. The Kier molecular flexibility index (Phi) is 4.87. The molecule has 1 N–H and O–H groups in total. The lowest BCUT2D eigenvalue weighted by atomic mass is 10.0. The highest BCUT2D eigenvalue weighted by Gasteiger charge is 2.18. The number of hydrogen-bond acceptors (Lipinski definition) is 3. The van der Waals surface area contributed by atoms with E-state index in [1.807, 2.05) is 25.1 Å². The van der Waals surface area contributed by atoms with Crippen molar-refractivity contribution in [3.63, 3.8) is 0 Å². The summed E-state index contributed by atoms with van der Waals surface area (Å²) in [5, 5.41) is 1.03. The van der Waals surface area contributed by atoms with Gasteiger partial charge in [-0.05, 0) is 54.1 Å². The summed E-state index contributed by atoms with van der Waals surface area (Å²) < 4.78 is 28.5. The lowest BCUT2D eigenvalue weighted by Crippen LogP contribution is -2.33. The molecule has 0 aliphatic carbocycles. The molecular formula is C20H22N2O3S. The third-order valence-electron chi connectivity index (χ3n) is 4.36. The van der Waals surface area contributed by atoms with E-state index in [1.165, 1.54) is 17.7 Å². The van der Waals surface area contributed by atoms with Gasteiger partial charge in [0.15, 0.2) is 0 Å². The molecule has 6 heteroatoms. The molecule has 0 fully saturated rings. The van der Waals surface area contributed by atoms with Crippen LogP contribution in [-0.4, -0.2) is 18.9 Å². The van der Waals surface area contributed by atoms with Crippen molar-refractivity contribution in [3.8, 4) is 0 Å². The molecule has 3 aromatic rings. The molecule has 1 heterocycles. The zero-order valence-corrected chi connectivity index (χ0v) is 15.9. The van der Waals surface area contributed by atoms with E-state index < -0.39 is 15.9 Å². The molecule has 0 spiro atoms. The summed E-state index contributed by atoms with van der Waals surface area (Å²) in [6.07, 6.45) is 1.80. The maximum Gasteiger partial charge on any atom is 0.264 e. The second kappa shape index (κ2) is 6.96. The molecular weight excluding hydrogens is 348 g/mol. The van der Waals surface area contributed by atoms with Crippen molar-refractivity contribution in [1.82, 2.24) is 9.29 Å². The maximum absolute atomic E-state index is 12.3. The first-order valence-corrected chi connectivity index (χ1v) is 9.96. The van der Waals surface area contributed by atoms with Crippen LogP contribution in [0, 0.1) is 6.92 Å². The van der Waals surface area contributed by atoms with Crippen molar-refractivity contribution in [3.05, 3.63) is 65.9 Å². The Hall–Kier alpha value is -2.60. The van der Waals surface area contributed by atoms with E-state index in [9.17, 15) is 13.2 Å². The first-order chi connectivity index (χ1) is 12.3. The predicted molar refractivity (Wildman–Crippen MR) is 103 cm³/mol. The van der Waals surface area contributed by atoms with Crippen molar-refractivity contribution in [1.29, 1.82) is 0 Å². The predicted octanol–water partition coefficient (Wildman–Crippen LogP) is 3.58. The van der Waals surface area contributed by atoms with E-state index in [0.29, 0.717) is 5.92 Å². The fraction of sp³-hybridized carbons (Fsp3) is 0.250. The summed E-state index contributed by atoms with van der Waals surface area (Å²) in [6.45, 7) is 6.07. The van der Waals surface area contributed by atoms with Crippen molar-refractivity contribution in [2.24, 2.45) is 0 Å². The zero-order valence-electron chi connectivity index (χ0n) is 15.1. The number of carbonyl (C=O) groups is 1. The first-order valence-electron chi connectivity index (χ1n) is 8.47. The summed E-state index contributed by atoms with van der Waals surface area (Å²) in [7, 11) is -3.86. The van der Waals surface area contributed by atoms with E-state index in [2.05, 4.69) is 24.6 Å². The summed E-state index contributed by atoms with van der Waals surface area (Å²) in [4.78, 5) is 12.4. The normalized spacial score (nSPS) is 11.8. The molecule has 0 saturated carbocycles. The summed E-state index contributed by atoms with van der Waals surface area (Å²) >= 11 is 0. The summed E-state index contributed by atoms with van der Waals surface area (Å²) in [5.41, 5.74) is 3.08. The average molecular weight is 370 g/mol. The lowest BCUT2D eigenvalue weighted by molar-refractivity contribution is -0.119. The van der Waals surface area contributed by atoms with Crippen LogP contribution in [0.2, 0.25) is 0 Å². The van der Waals surface area contributed by atoms with Crippen LogP contribution < -0.4 is 4.72 Å². The molecule has 26 heavy (non-hydrogen) atoms. The molecule has 0 saturated heterocycles. The number of aryl methyl sites for hydroxylation is 1. The van der Waals surface area contributed by atoms with Crippen molar-refractivity contribution in [2.75, 3.05) is 0 Å². The fourth-order valence-electron chi connectivity index (χ4n) is 2.83. The molecule has 0 atom stereocenters. The van der Waals surface area contributed by atoms with Gasteiger partial charge in [-0.25, -0.2) is 13.1 Å². The van der Waals surface area contributed by atoms with E-state index in [0.717, 1.165) is 16.5 Å². The third-order valence-corrected chi connectivity index (χ3v) is 5.74. The molecule has 3 rings (SSSR count). The second-order valence-electron chi connectivity index (χ2n) is 6.76. The minimum atomic E-state index is -3.86. The fourth-order valence-corrected chi connectivity index (χ4v) is 3.81. The number of amides is 1. The quantitative estimate of drug-likeness (QED) is 0.746. The number of sulfonamides is 1. The zero-order chi connectivity index (χ0) is 18.9. The lowest BCUT2D eigenvalue weighted by Gasteiger charge is -2.10. The molecule has 0 aliphatic rings. The standard InChI is InChI=1S/C20H22N2O3S/c1-14(2)16-6-9-19-17(12-16)10-11-22(19)13-20(23)21-26(24,25)18-7-4-15(3)5-8-18/h4-12,14H,13H2,1-3H3,(H,21,23). The topological polar surface area (TPSA) is 68.2 Å². The first kappa shape index (κ1) is 18.2. The van der Waals surface area contributed by atoms with Crippen molar-refractivity contribution < 1.29 is 13.2 Å². The van der Waals surface area contributed by atoms with E-state index in [1.54, 1.807) is 22.9 Å². The van der Waals surface area contributed by atoms with Crippen LogP contribution in [0.3, 0.4) is 0 Å². The summed E-state index contributed by atoms with van der Waals surface area (Å²) in [5.74, 6) is -0.151. The number of carbonyl (C=O) groups excluding carboxylic acids is 1. The molecule has 1 amide bonds. The van der Waals surface area contributed by atoms with Gasteiger partial charge in [0.2, 0.25) is 0 Å². The highest BCUT2D eigenvalue weighted by molar-refractivity contribution is 7.90. The van der Waals surface area contributed by atoms with Gasteiger partial charge in [-0.3, -0.25) is 4.79 Å². The molecule has 136 valence electrons. The monoisotopic (exact) mass is 370 g/mol. The minimum absolute atomic E-state index is 0.0599. The van der Waals surface area contributed by atoms with Crippen LogP contribution in [0.25, 0.3) is 10.9 Å². The van der Waals surface area contributed by atoms with Gasteiger partial charge >= 0.3 is 0 Å². The van der Waals surface area contributed by atoms with Gasteiger partial charge in [-0.15, -0.1) is 0 Å². The Morgan fingerprint density at radius 3 is 2.42 bits per heavy atom. The number of rotatable bonds is 5. The van der Waals surface area contributed by atoms with E-state index in [-0.39, 0.29) is 11.4 Å². The third kappa shape index (κ3) is 3.80. The SMILES string of the molecule is Cc1ccc(S(=O)(=O)NC(=O)Cn2ccc3cc(C(C)C)ccc32)cc1. The number of aromatic nitrogens is 1. The van der Waals surface area contributed by atoms with Crippen LogP contribution in [0.5, 0.6) is 0 Å². The second-order valence-corrected chi connectivity index (χ2v) is 8.44. The maximum atomic E-state index is 12.3. The van der Waals surface area contributed by atoms with Gasteiger partial charge in [0, 0.05) is 11.7 Å². The van der Waals surface area contributed by atoms with Gasteiger partial charge < -0.3 is 4.57 Å². The number of fused-ring (bicyclic) bond motifs is 1. The smallest absolute Gasteiger partial charge is 0.264 e. The minimum Gasteiger partial charge on any atom is -0.338 e. The Labute approximate surface area is 153 Å². The molecule has 0 radical (unpaired) electrons. The van der Waals surface area contributed by atoms with Gasteiger partial charge in [0.25, 0.3) is 15.9 Å². The Morgan fingerprint density at radius 2 is 1.77 bits per heavy atom. The van der Waals surface area contributed by atoms with E-state index >= 15 is 0 Å². The van der Waals surface area contributed by atoms with Crippen molar-refractivity contribution in [2.45, 2.75) is 38.1 Å². The van der Waals surface area contributed by atoms with Crippen LogP contribution in [-0.2, 0) is 21.4 Å². The largest absolute Gasteiger partial charge is 0.338 e. The number of nitrogens with zero attached hydrogens (tertiary/aromatic N) is 1. The highest BCUT2D eigenvalue weighted by Crippen LogP contribution is 2.22. The Balaban J connectivity index is 1.78. The van der Waals surface area contributed by atoms with Crippen LogP contribution >= 0.6 is 0 Å². The molecule has 1 aromatic heterocycles. The van der Waals surface area contributed by atoms with Gasteiger partial charge in [0.1, 0.15) is 6.54 Å². The molecule has 5 nitrogen and oxygen atoms in total. The van der Waals surface area contributed by atoms with E-state index in [4.69, 9.17) is 0 Å². The van der Waals surface area contributed by atoms with Crippen LogP contribution in [0.15, 0.2) is 59.6 Å². The van der Waals surface area contributed by atoms with Gasteiger partial charge in [-0.1, -0.05) is 37.6 Å². The van der Waals surface area contributed by atoms with Crippen LogP contribution in [0.1, 0.15) is 30.9 Å². The van der Waals surface area contributed by atoms with Crippen molar-refractivity contribution >= 4 is 26.8 Å². The molecule has 0 bridgehead atoms. The van der Waals surface area contributed by atoms with Crippen LogP contribution in [0.4, 0.5) is 0 Å². The van der Waals surface area contributed by atoms with Gasteiger partial charge in [-0.2, -0.15) is 0 Å². The average Bonchev–Trinajstić information content (AvgIpc) is 2.96. The number of nitrogens with one attached hydrogen (secondary N) is 1. The molecule has 2 aromatic carbocycles. The number of hydrogen-bond donors (Lipinski definition) is 1.